The van der Waals surface area contributed by atoms with Gasteiger partial charge in [0.05, 0.1) is 56.6 Å². The predicted molar refractivity (Wildman–Crippen MR) is 261 cm³/mol. The summed E-state index contributed by atoms with van der Waals surface area (Å²) in [5.41, 5.74) is 11.9. The average Bonchev–Trinajstić information content (AvgIpc) is 3.99. The van der Waals surface area contributed by atoms with Crippen LogP contribution in [0.25, 0.3) is 120 Å². The van der Waals surface area contributed by atoms with Crippen molar-refractivity contribution in [1.29, 1.82) is 5.26 Å². The van der Waals surface area contributed by atoms with Gasteiger partial charge in [-0.25, -0.2) is 4.85 Å². The monoisotopic (exact) mass is 799 g/mol. The molecule has 0 unspecified atom stereocenters. The van der Waals surface area contributed by atoms with E-state index in [9.17, 15) is 5.26 Å². The van der Waals surface area contributed by atoms with Gasteiger partial charge in [-0.3, -0.25) is 0 Å². The molecule has 290 valence electrons. The molecule has 3 heterocycles. The molecule has 5 nitrogen and oxygen atoms in total. The molecule has 0 aliphatic heterocycles. The fourth-order valence-electron chi connectivity index (χ4n) is 10.3. The molecule has 13 rings (SSSR count). The lowest BCUT2D eigenvalue weighted by atomic mass is 9.99. The molecule has 0 atom stereocenters. The van der Waals surface area contributed by atoms with Crippen LogP contribution in [0, 0.1) is 17.9 Å². The van der Waals surface area contributed by atoms with Gasteiger partial charge in [-0.2, -0.15) is 5.26 Å². The van der Waals surface area contributed by atoms with Crippen LogP contribution in [0.2, 0.25) is 0 Å². The van der Waals surface area contributed by atoms with Gasteiger partial charge in [0.15, 0.2) is 0 Å². The summed E-state index contributed by atoms with van der Waals surface area (Å²) >= 11 is 0. The maximum atomic E-state index is 11.1. The van der Waals surface area contributed by atoms with Gasteiger partial charge in [0.2, 0.25) is 5.69 Å². The van der Waals surface area contributed by atoms with Crippen LogP contribution in [-0.2, 0) is 0 Å². The molecular weight excluding hydrogens is 767 g/mol. The van der Waals surface area contributed by atoms with E-state index < -0.39 is 0 Å². The summed E-state index contributed by atoms with van der Waals surface area (Å²) < 4.78 is 6.69. The smallest absolute Gasteiger partial charge is 0.212 e. The standard InChI is InChI=1S/C58H33N5/c1-60-48-34-55(40(35-59)33-56(48)63-50-22-12-10-20-45(50)57-42-17-7-5-13-36(42)23-29-53(57)63)62-52-28-26-39(32-47(52)58-43-18-8-6-14-37(43)24-30-54(58)62)38-25-27-51-46(31-38)44-19-9-11-21-49(44)61(51)41-15-3-2-4-16-41/h2-34H. The Labute approximate surface area is 361 Å². The molecule has 0 radical (unpaired) electrons. The van der Waals surface area contributed by atoms with Crippen molar-refractivity contribution < 1.29 is 0 Å². The van der Waals surface area contributed by atoms with Crippen LogP contribution >= 0.6 is 0 Å². The fraction of sp³-hybridized carbons (Fsp3) is 0. The zero-order chi connectivity index (χ0) is 41.8. The van der Waals surface area contributed by atoms with Crippen LogP contribution in [0.15, 0.2) is 200 Å². The summed E-state index contributed by atoms with van der Waals surface area (Å²) in [6, 6.07) is 72.9. The second kappa shape index (κ2) is 13.3. The number of hydrogen-bond donors (Lipinski definition) is 0. The first kappa shape index (κ1) is 34.9. The molecule has 0 saturated carbocycles. The van der Waals surface area contributed by atoms with E-state index in [1.165, 1.54) is 16.3 Å². The van der Waals surface area contributed by atoms with E-state index in [-0.39, 0.29) is 0 Å². The van der Waals surface area contributed by atoms with Crippen molar-refractivity contribution in [3.63, 3.8) is 0 Å². The SMILES string of the molecule is [C-]#[N+]c1cc(-n2c3ccc(-c4ccc5c(c4)c4ccccc4n5-c4ccccc4)cc3c3c4ccccc4ccc32)c(C#N)cc1-n1c2ccccc2c2c3ccccc3ccc21. The van der Waals surface area contributed by atoms with E-state index in [0.717, 1.165) is 87.5 Å². The van der Waals surface area contributed by atoms with Crippen LogP contribution in [-0.4, -0.2) is 13.7 Å². The van der Waals surface area contributed by atoms with Gasteiger partial charge in [-0.1, -0.05) is 127 Å². The number of aromatic nitrogens is 3. The van der Waals surface area contributed by atoms with Crippen LogP contribution in [0.4, 0.5) is 5.69 Å². The predicted octanol–water partition coefficient (Wildman–Crippen LogP) is 15.4. The molecule has 0 fully saturated rings. The summed E-state index contributed by atoms with van der Waals surface area (Å²) in [7, 11) is 0. The Balaban J connectivity index is 1.05. The fourth-order valence-corrected chi connectivity index (χ4v) is 10.3. The highest BCUT2D eigenvalue weighted by atomic mass is 15.0. The lowest BCUT2D eigenvalue weighted by molar-refractivity contribution is 1.14. The van der Waals surface area contributed by atoms with Crippen LogP contribution < -0.4 is 0 Å². The zero-order valence-electron chi connectivity index (χ0n) is 33.8. The third-order valence-corrected chi connectivity index (χ3v) is 13.1. The number of fused-ring (bicyclic) bond motifs is 13. The minimum absolute atomic E-state index is 0.468. The number of nitrogens with zero attached hydrogens (tertiary/aromatic N) is 5. The van der Waals surface area contributed by atoms with Gasteiger partial charge in [0, 0.05) is 38.0 Å². The highest BCUT2D eigenvalue weighted by molar-refractivity contribution is 6.23. The Morgan fingerprint density at radius 2 is 0.873 bits per heavy atom. The molecule has 0 aliphatic rings. The Kier molecular flexibility index (Phi) is 7.37. The lowest BCUT2D eigenvalue weighted by Crippen LogP contribution is -2.01. The maximum absolute atomic E-state index is 11.1. The molecule has 5 heteroatoms. The van der Waals surface area contributed by atoms with Crippen molar-refractivity contribution >= 4 is 92.6 Å². The molecule has 0 saturated heterocycles. The summed E-state index contributed by atoms with van der Waals surface area (Å²) in [4.78, 5) is 4.18. The minimum atomic E-state index is 0.468. The molecule has 0 bridgehead atoms. The van der Waals surface area contributed by atoms with Gasteiger partial charge >= 0.3 is 0 Å². The zero-order valence-corrected chi connectivity index (χ0v) is 33.8. The van der Waals surface area contributed by atoms with E-state index >= 15 is 0 Å². The number of rotatable bonds is 4. The van der Waals surface area contributed by atoms with Crippen molar-refractivity contribution in [3.8, 4) is 34.3 Å². The van der Waals surface area contributed by atoms with Gasteiger partial charge in [0.25, 0.3) is 0 Å². The van der Waals surface area contributed by atoms with Gasteiger partial charge in [-0.05, 0) is 105 Å². The van der Waals surface area contributed by atoms with E-state index in [1.54, 1.807) is 0 Å². The molecule has 3 aromatic heterocycles. The van der Waals surface area contributed by atoms with E-state index in [1.807, 2.05) is 18.2 Å². The molecule has 0 N–H and O–H groups in total. The van der Waals surface area contributed by atoms with Gasteiger partial charge < -0.3 is 13.7 Å². The van der Waals surface area contributed by atoms with E-state index in [4.69, 9.17) is 6.57 Å². The first-order valence-electron chi connectivity index (χ1n) is 21.1. The van der Waals surface area contributed by atoms with Crippen molar-refractivity contribution in [1.82, 2.24) is 13.7 Å². The minimum Gasteiger partial charge on any atom is -0.319 e. The first-order chi connectivity index (χ1) is 31.2. The Bertz CT molecular complexity index is 4170. The molecule has 10 aromatic carbocycles. The van der Waals surface area contributed by atoms with Gasteiger partial charge in [-0.15, -0.1) is 0 Å². The van der Waals surface area contributed by atoms with Crippen molar-refractivity contribution in [3.05, 3.63) is 217 Å². The molecule has 13 aromatic rings. The number of nitriles is 1. The molecule has 0 spiro atoms. The van der Waals surface area contributed by atoms with Crippen molar-refractivity contribution in [2.45, 2.75) is 0 Å². The summed E-state index contributed by atoms with van der Waals surface area (Å²) in [5.74, 6) is 0. The summed E-state index contributed by atoms with van der Waals surface area (Å²) in [6.45, 7) is 8.62. The largest absolute Gasteiger partial charge is 0.319 e. The number of benzene rings is 10. The third-order valence-electron chi connectivity index (χ3n) is 13.1. The van der Waals surface area contributed by atoms with Crippen LogP contribution in [0.1, 0.15) is 5.56 Å². The maximum Gasteiger partial charge on any atom is 0.212 e. The second-order valence-electron chi connectivity index (χ2n) is 16.3. The van der Waals surface area contributed by atoms with E-state index in [2.05, 4.69) is 207 Å². The molecule has 63 heavy (non-hydrogen) atoms. The highest BCUT2D eigenvalue weighted by Gasteiger charge is 2.23. The molecular formula is C58H33N5. The Morgan fingerprint density at radius 3 is 1.52 bits per heavy atom. The van der Waals surface area contributed by atoms with Crippen LogP contribution in [0.5, 0.6) is 0 Å². The van der Waals surface area contributed by atoms with Crippen molar-refractivity contribution in [2.75, 3.05) is 0 Å². The third kappa shape index (κ3) is 4.97. The second-order valence-corrected chi connectivity index (χ2v) is 16.3. The quantitative estimate of drug-likeness (QED) is 0.164. The molecule has 0 aliphatic carbocycles. The first-order valence-corrected chi connectivity index (χ1v) is 21.1. The Morgan fingerprint density at radius 1 is 0.381 bits per heavy atom. The van der Waals surface area contributed by atoms with Crippen molar-refractivity contribution in [2.24, 2.45) is 0 Å². The summed E-state index contributed by atoms with van der Waals surface area (Å²) in [5, 5.41) is 22.5. The number of para-hydroxylation sites is 3. The topological polar surface area (TPSA) is 42.9 Å². The Hall–Kier alpha value is -8.90. The van der Waals surface area contributed by atoms with Gasteiger partial charge in [0.1, 0.15) is 6.07 Å². The highest BCUT2D eigenvalue weighted by Crippen LogP contribution is 2.44. The summed E-state index contributed by atoms with van der Waals surface area (Å²) in [6.07, 6.45) is 0. The normalized spacial score (nSPS) is 11.8. The molecule has 0 amide bonds. The number of hydrogen-bond acceptors (Lipinski definition) is 1. The average molecular weight is 800 g/mol. The lowest BCUT2D eigenvalue weighted by Gasteiger charge is -2.16. The van der Waals surface area contributed by atoms with E-state index in [0.29, 0.717) is 22.6 Å². The van der Waals surface area contributed by atoms with Crippen LogP contribution in [0.3, 0.4) is 0 Å².